The first-order chi connectivity index (χ1) is 22.3. The third-order valence-electron chi connectivity index (χ3n) is 9.67. The summed E-state index contributed by atoms with van der Waals surface area (Å²) in [6.45, 7) is 10.3. The standard InChI is InChI=1S/C31H44N8O7/c1-31(2)45-26-25(20-3-4-22(41)21(24(20)42)16-33-7-9-37-8-6-32-15-19(37)5-12-40)44-30(27(26)46-31)39-18-36-23-28(34-17-35-29(23)39)38-10-13-43-14-11-38/h16-20,25-27,30,32,40,42H,3-15H2,1-2H3/t19?,20?,25-,26-,27?,30-/m1/s1. The van der Waals surface area contributed by atoms with Crippen molar-refractivity contribution in [3.8, 4) is 0 Å². The Balaban J connectivity index is 1.12. The van der Waals surface area contributed by atoms with Crippen molar-refractivity contribution in [3.05, 3.63) is 24.0 Å². The molecule has 4 saturated heterocycles. The van der Waals surface area contributed by atoms with E-state index in [1.165, 1.54) is 12.5 Å². The highest BCUT2D eigenvalue weighted by Crippen LogP contribution is 2.48. The first-order valence-corrected chi connectivity index (χ1v) is 16.4. The lowest BCUT2D eigenvalue weighted by atomic mass is 9.82. The van der Waals surface area contributed by atoms with Gasteiger partial charge in [0.15, 0.2) is 34.8 Å². The molecule has 3 unspecified atom stereocenters. The maximum atomic E-state index is 13.0. The van der Waals surface area contributed by atoms with Gasteiger partial charge >= 0.3 is 0 Å². The van der Waals surface area contributed by atoms with Gasteiger partial charge in [0, 0.05) is 70.5 Å². The van der Waals surface area contributed by atoms with E-state index in [1.807, 2.05) is 18.4 Å². The number of piperazine rings is 1. The van der Waals surface area contributed by atoms with Gasteiger partial charge in [-0.05, 0) is 26.7 Å². The average molecular weight is 641 g/mol. The second kappa shape index (κ2) is 13.2. The Morgan fingerprint density at radius 3 is 2.78 bits per heavy atom. The molecule has 7 rings (SSSR count). The van der Waals surface area contributed by atoms with E-state index in [1.54, 1.807) is 6.33 Å². The number of anilines is 1. The zero-order chi connectivity index (χ0) is 31.8. The summed E-state index contributed by atoms with van der Waals surface area (Å²) >= 11 is 0. The highest BCUT2D eigenvalue weighted by Gasteiger charge is 2.59. The van der Waals surface area contributed by atoms with Crippen molar-refractivity contribution in [1.82, 2.24) is 29.7 Å². The SMILES string of the molecule is CC1(C)OC2[C@H](n3cnc4c(N5CCOCC5)ncnc43)O[C@H](C3CCC(=O)C(C=NCCN4CCNCC4CCO)=C3O)[C@H]2O1. The first-order valence-electron chi connectivity index (χ1n) is 16.4. The third-order valence-corrected chi connectivity index (χ3v) is 9.67. The zero-order valence-corrected chi connectivity index (χ0v) is 26.5. The van der Waals surface area contributed by atoms with Crippen LogP contribution in [0.2, 0.25) is 0 Å². The van der Waals surface area contributed by atoms with Gasteiger partial charge in [-0.1, -0.05) is 0 Å². The summed E-state index contributed by atoms with van der Waals surface area (Å²) < 4.78 is 26.8. The quantitative estimate of drug-likeness (QED) is 0.326. The van der Waals surface area contributed by atoms with Crippen LogP contribution in [0.5, 0.6) is 0 Å². The second-order valence-electron chi connectivity index (χ2n) is 13.0. The van der Waals surface area contributed by atoms with Crippen molar-refractivity contribution in [3.63, 3.8) is 0 Å². The molecule has 6 atom stereocenters. The number of rotatable bonds is 9. The maximum absolute atomic E-state index is 13.0. The number of imidazole rings is 1. The van der Waals surface area contributed by atoms with Gasteiger partial charge < -0.3 is 39.4 Å². The van der Waals surface area contributed by atoms with Crippen LogP contribution in [0.3, 0.4) is 0 Å². The van der Waals surface area contributed by atoms with E-state index in [-0.39, 0.29) is 36.2 Å². The Morgan fingerprint density at radius 2 is 1.96 bits per heavy atom. The number of fused-ring (bicyclic) bond motifs is 2. The van der Waals surface area contributed by atoms with E-state index in [0.29, 0.717) is 63.4 Å². The van der Waals surface area contributed by atoms with Crippen molar-refractivity contribution in [1.29, 1.82) is 0 Å². The molecule has 3 N–H and O–H groups in total. The summed E-state index contributed by atoms with van der Waals surface area (Å²) in [6.07, 6.45) is 3.95. The number of nitrogens with one attached hydrogen (secondary N) is 1. The van der Waals surface area contributed by atoms with E-state index in [0.717, 1.165) is 25.5 Å². The zero-order valence-electron chi connectivity index (χ0n) is 26.5. The summed E-state index contributed by atoms with van der Waals surface area (Å²) in [5, 5.41) is 24.3. The van der Waals surface area contributed by atoms with Gasteiger partial charge in [-0.3, -0.25) is 19.3 Å². The Kier molecular flexibility index (Phi) is 9.06. The van der Waals surface area contributed by atoms with Crippen LogP contribution in [0.4, 0.5) is 5.82 Å². The Morgan fingerprint density at radius 1 is 1.13 bits per heavy atom. The molecule has 0 saturated carbocycles. The Labute approximate surface area is 267 Å². The second-order valence-corrected chi connectivity index (χ2v) is 13.0. The highest BCUT2D eigenvalue weighted by molar-refractivity contribution is 6.14. The average Bonchev–Trinajstić information content (AvgIpc) is 3.72. The highest BCUT2D eigenvalue weighted by atomic mass is 16.8. The topological polar surface area (TPSA) is 169 Å². The molecule has 15 nitrogen and oxygen atoms in total. The van der Waals surface area contributed by atoms with Crippen molar-refractivity contribution < 1.29 is 34.0 Å². The predicted octanol–water partition coefficient (Wildman–Crippen LogP) is 0.599. The first kappa shape index (κ1) is 31.5. The molecule has 4 fully saturated rings. The number of aliphatic imine (C=N–C) groups is 1. The molecule has 2 aromatic rings. The largest absolute Gasteiger partial charge is 0.511 e. The van der Waals surface area contributed by atoms with Crippen LogP contribution in [0.1, 0.15) is 39.3 Å². The number of morpholine rings is 1. The minimum atomic E-state index is -0.869. The number of ketones is 1. The van der Waals surface area contributed by atoms with Crippen molar-refractivity contribution in [2.45, 2.75) is 69.5 Å². The van der Waals surface area contributed by atoms with Gasteiger partial charge in [0.1, 0.15) is 24.3 Å². The Hall–Kier alpha value is -3.05. The van der Waals surface area contributed by atoms with Crippen LogP contribution >= 0.6 is 0 Å². The van der Waals surface area contributed by atoms with Crippen LogP contribution in [0, 0.1) is 5.92 Å². The molecule has 250 valence electrons. The molecule has 6 heterocycles. The minimum absolute atomic E-state index is 0.0227. The number of ether oxygens (including phenoxy) is 4. The monoisotopic (exact) mass is 640 g/mol. The molecule has 5 aliphatic rings. The molecular weight excluding hydrogens is 596 g/mol. The lowest BCUT2D eigenvalue weighted by molar-refractivity contribution is -0.202. The van der Waals surface area contributed by atoms with Gasteiger partial charge in [-0.25, -0.2) is 15.0 Å². The summed E-state index contributed by atoms with van der Waals surface area (Å²) in [4.78, 5) is 35.8. The van der Waals surface area contributed by atoms with Crippen molar-refractivity contribution in [2.75, 3.05) is 70.5 Å². The normalized spacial score (nSPS) is 32.2. The van der Waals surface area contributed by atoms with Crippen molar-refractivity contribution >= 4 is 29.0 Å². The summed E-state index contributed by atoms with van der Waals surface area (Å²) in [5.41, 5.74) is 1.51. The fourth-order valence-electron chi connectivity index (χ4n) is 7.42. The molecule has 2 aromatic heterocycles. The fourth-order valence-corrected chi connectivity index (χ4v) is 7.42. The molecule has 1 aliphatic carbocycles. The van der Waals surface area contributed by atoms with Gasteiger partial charge in [0.2, 0.25) is 0 Å². The number of hydrogen-bond acceptors (Lipinski definition) is 14. The van der Waals surface area contributed by atoms with Crippen LogP contribution in [-0.4, -0.2) is 142 Å². The van der Waals surface area contributed by atoms with Gasteiger partial charge in [-0.15, -0.1) is 0 Å². The smallest absolute Gasteiger partial charge is 0.167 e. The molecule has 4 aliphatic heterocycles. The van der Waals surface area contributed by atoms with Crippen LogP contribution in [0.25, 0.3) is 11.2 Å². The molecule has 0 aromatic carbocycles. The van der Waals surface area contributed by atoms with Crippen LogP contribution in [-0.2, 0) is 23.7 Å². The number of carbonyl (C=O) groups excluding carboxylic acids is 1. The Bertz CT molecular complexity index is 1470. The molecule has 0 amide bonds. The number of aliphatic hydroxyl groups is 2. The van der Waals surface area contributed by atoms with E-state index >= 15 is 0 Å². The fraction of sp³-hybridized carbons (Fsp3) is 0.710. The lowest BCUT2D eigenvalue weighted by Gasteiger charge is -2.35. The van der Waals surface area contributed by atoms with Crippen LogP contribution < -0.4 is 10.2 Å². The van der Waals surface area contributed by atoms with Gasteiger partial charge in [0.25, 0.3) is 0 Å². The number of carbonyl (C=O) groups is 1. The summed E-state index contributed by atoms with van der Waals surface area (Å²) in [6, 6.07) is 0.255. The number of allylic oxidation sites excluding steroid dienone is 1. The molecule has 0 spiro atoms. The number of aromatic nitrogens is 4. The van der Waals surface area contributed by atoms with Gasteiger partial charge in [0.05, 0.1) is 37.8 Å². The van der Waals surface area contributed by atoms with Gasteiger partial charge in [-0.2, -0.15) is 0 Å². The number of hydrogen-bond donors (Lipinski definition) is 3. The van der Waals surface area contributed by atoms with E-state index in [9.17, 15) is 15.0 Å². The van der Waals surface area contributed by atoms with E-state index in [4.69, 9.17) is 23.9 Å². The molecule has 46 heavy (non-hydrogen) atoms. The van der Waals surface area contributed by atoms with Crippen molar-refractivity contribution in [2.24, 2.45) is 10.9 Å². The van der Waals surface area contributed by atoms with Crippen LogP contribution in [0.15, 0.2) is 29.0 Å². The number of nitrogens with zero attached hydrogens (tertiary/aromatic N) is 7. The van der Waals surface area contributed by atoms with E-state index < -0.39 is 36.2 Å². The summed E-state index contributed by atoms with van der Waals surface area (Å²) in [7, 11) is 0. The summed E-state index contributed by atoms with van der Waals surface area (Å²) in [5.74, 6) is -0.764. The predicted molar refractivity (Wildman–Crippen MR) is 167 cm³/mol. The van der Waals surface area contributed by atoms with E-state index in [2.05, 4.69) is 30.1 Å². The minimum Gasteiger partial charge on any atom is -0.511 e. The number of aliphatic hydroxyl groups excluding tert-OH is 2. The molecular formula is C31H44N8O7. The molecule has 15 heteroatoms. The number of Topliss-reactive ketones (excluding diaryl/α,β-unsaturated/α-hetero) is 1. The maximum Gasteiger partial charge on any atom is 0.167 e. The molecule has 0 radical (unpaired) electrons. The third kappa shape index (κ3) is 6.05. The lowest BCUT2D eigenvalue weighted by Crippen LogP contribution is -2.52. The molecule has 0 bridgehead atoms.